The molecule has 18 heavy (non-hydrogen) atoms. The van der Waals surface area contributed by atoms with E-state index in [0.717, 1.165) is 18.2 Å². The van der Waals surface area contributed by atoms with Crippen molar-refractivity contribution in [1.82, 2.24) is 0 Å². The quantitative estimate of drug-likeness (QED) is 0.487. The highest BCUT2D eigenvalue weighted by molar-refractivity contribution is 5.95. The molecule has 0 aliphatic carbocycles. The van der Waals surface area contributed by atoms with Gasteiger partial charge < -0.3 is 9.84 Å². The van der Waals surface area contributed by atoms with Gasteiger partial charge in [0.25, 0.3) is 5.69 Å². The first kappa shape index (κ1) is 13.6. The van der Waals surface area contributed by atoms with Crippen LogP contribution in [0.1, 0.15) is 34.1 Å². The Morgan fingerprint density at radius 2 is 1.94 bits per heavy atom. The van der Waals surface area contributed by atoms with E-state index in [4.69, 9.17) is 9.84 Å². The van der Waals surface area contributed by atoms with Gasteiger partial charge in [-0.1, -0.05) is 6.92 Å². The van der Waals surface area contributed by atoms with Crippen molar-refractivity contribution in [3.63, 3.8) is 0 Å². The summed E-state index contributed by atoms with van der Waals surface area (Å²) in [6.45, 7) is 1.97. The number of nitrogens with zero attached hydrogens (tertiary/aromatic N) is 1. The molecule has 0 unspecified atom stereocenters. The molecular formula is C11H11NO6. The van der Waals surface area contributed by atoms with E-state index in [9.17, 15) is 19.7 Å². The number of hydrogen-bond donors (Lipinski definition) is 1. The molecule has 0 bridgehead atoms. The molecule has 0 fully saturated rings. The molecule has 7 nitrogen and oxygen atoms in total. The van der Waals surface area contributed by atoms with E-state index >= 15 is 0 Å². The van der Waals surface area contributed by atoms with Gasteiger partial charge in [-0.15, -0.1) is 0 Å². The summed E-state index contributed by atoms with van der Waals surface area (Å²) in [6, 6.07) is 2.93. The molecular weight excluding hydrogens is 242 g/mol. The van der Waals surface area contributed by atoms with E-state index in [-0.39, 0.29) is 17.7 Å². The monoisotopic (exact) mass is 253 g/mol. The molecule has 0 saturated heterocycles. The molecule has 1 N–H and O–H groups in total. The molecule has 0 aliphatic heterocycles. The molecule has 1 aromatic rings. The van der Waals surface area contributed by atoms with Gasteiger partial charge in [0.05, 0.1) is 22.7 Å². The number of carbonyl (C=O) groups excluding carboxylic acids is 1. The van der Waals surface area contributed by atoms with Crippen molar-refractivity contribution < 1.29 is 24.4 Å². The van der Waals surface area contributed by atoms with Crippen molar-refractivity contribution in [3.05, 3.63) is 39.4 Å². The zero-order valence-electron chi connectivity index (χ0n) is 9.58. The average Bonchev–Trinajstić information content (AvgIpc) is 2.35. The van der Waals surface area contributed by atoms with Crippen LogP contribution in [-0.4, -0.2) is 28.6 Å². The van der Waals surface area contributed by atoms with Crippen molar-refractivity contribution in [2.75, 3.05) is 6.61 Å². The molecule has 0 aromatic heterocycles. The van der Waals surface area contributed by atoms with Crippen LogP contribution in [0, 0.1) is 10.1 Å². The van der Waals surface area contributed by atoms with Crippen LogP contribution in [-0.2, 0) is 4.74 Å². The number of hydrogen-bond acceptors (Lipinski definition) is 5. The molecule has 96 valence electrons. The smallest absolute Gasteiger partial charge is 0.338 e. The standard InChI is InChI=1S/C11H11NO6/c1-2-3-18-11(15)8-4-7(10(13)14)5-9(6-8)12(16)17/h4-6H,2-3H2,1H3,(H,13,14). The molecule has 0 spiro atoms. The molecule has 0 aliphatic rings. The minimum absolute atomic E-state index is 0.143. The van der Waals surface area contributed by atoms with Crippen LogP contribution in [0.2, 0.25) is 0 Å². The number of ether oxygens (including phenoxy) is 1. The molecule has 0 saturated carbocycles. The first-order chi connectivity index (χ1) is 8.45. The zero-order chi connectivity index (χ0) is 13.7. The lowest BCUT2D eigenvalue weighted by molar-refractivity contribution is -0.384. The lowest BCUT2D eigenvalue weighted by atomic mass is 10.1. The van der Waals surface area contributed by atoms with Gasteiger partial charge in [0.15, 0.2) is 0 Å². The van der Waals surface area contributed by atoms with Crippen LogP contribution in [0.3, 0.4) is 0 Å². The Balaban J connectivity index is 3.14. The van der Waals surface area contributed by atoms with Gasteiger partial charge in [-0.2, -0.15) is 0 Å². The Labute approximate surface area is 102 Å². The maximum Gasteiger partial charge on any atom is 0.338 e. The number of benzene rings is 1. The third-order valence-corrected chi connectivity index (χ3v) is 2.05. The number of carbonyl (C=O) groups is 2. The fourth-order valence-electron chi connectivity index (χ4n) is 1.24. The van der Waals surface area contributed by atoms with E-state index in [0.29, 0.717) is 6.42 Å². The van der Waals surface area contributed by atoms with E-state index < -0.39 is 22.5 Å². The lowest BCUT2D eigenvalue weighted by Gasteiger charge is -2.04. The fourth-order valence-corrected chi connectivity index (χ4v) is 1.24. The van der Waals surface area contributed by atoms with Crippen LogP contribution in [0.25, 0.3) is 0 Å². The van der Waals surface area contributed by atoms with Crippen molar-refractivity contribution in [1.29, 1.82) is 0 Å². The molecule has 1 rings (SSSR count). The second-order valence-electron chi connectivity index (χ2n) is 3.47. The van der Waals surface area contributed by atoms with Gasteiger partial charge in [0, 0.05) is 12.1 Å². The summed E-state index contributed by atoms with van der Waals surface area (Å²) in [5.41, 5.74) is -0.930. The van der Waals surface area contributed by atoms with Gasteiger partial charge in [-0.3, -0.25) is 10.1 Å². The number of esters is 1. The Hall–Kier alpha value is -2.44. The van der Waals surface area contributed by atoms with Crippen LogP contribution >= 0.6 is 0 Å². The van der Waals surface area contributed by atoms with E-state index in [1.807, 2.05) is 0 Å². The predicted octanol–water partition coefficient (Wildman–Crippen LogP) is 1.86. The molecule has 0 radical (unpaired) electrons. The third-order valence-electron chi connectivity index (χ3n) is 2.05. The third kappa shape index (κ3) is 3.27. The number of non-ortho nitro benzene ring substituents is 1. The molecule has 7 heteroatoms. The predicted molar refractivity (Wildman–Crippen MR) is 60.6 cm³/mol. The van der Waals surface area contributed by atoms with Crippen LogP contribution < -0.4 is 0 Å². The summed E-state index contributed by atoms with van der Waals surface area (Å²) in [5.74, 6) is -2.12. The summed E-state index contributed by atoms with van der Waals surface area (Å²) in [6.07, 6.45) is 0.604. The minimum atomic E-state index is -1.34. The van der Waals surface area contributed by atoms with Crippen molar-refractivity contribution in [2.24, 2.45) is 0 Å². The first-order valence-electron chi connectivity index (χ1n) is 5.15. The van der Waals surface area contributed by atoms with E-state index in [2.05, 4.69) is 0 Å². The Morgan fingerprint density at radius 3 is 2.44 bits per heavy atom. The average molecular weight is 253 g/mol. The summed E-state index contributed by atoms with van der Waals surface area (Å²) < 4.78 is 4.79. The zero-order valence-corrected chi connectivity index (χ0v) is 9.58. The summed E-state index contributed by atoms with van der Waals surface area (Å²) in [7, 11) is 0. The minimum Gasteiger partial charge on any atom is -0.478 e. The van der Waals surface area contributed by atoms with Crippen LogP contribution in [0.15, 0.2) is 18.2 Å². The number of carboxylic acids is 1. The lowest BCUT2D eigenvalue weighted by Crippen LogP contribution is -2.08. The van der Waals surface area contributed by atoms with Gasteiger partial charge in [-0.25, -0.2) is 9.59 Å². The van der Waals surface area contributed by atoms with E-state index in [1.54, 1.807) is 6.92 Å². The second-order valence-corrected chi connectivity index (χ2v) is 3.47. The molecule has 0 heterocycles. The molecule has 0 atom stereocenters. The SMILES string of the molecule is CCCOC(=O)c1cc(C(=O)O)cc([N+](=O)[O-])c1. The number of nitro groups is 1. The van der Waals surface area contributed by atoms with Gasteiger partial charge in [-0.05, 0) is 12.5 Å². The molecule has 1 aromatic carbocycles. The van der Waals surface area contributed by atoms with Crippen LogP contribution in [0.5, 0.6) is 0 Å². The number of carboxylic acid groups (broad SMARTS) is 1. The Kier molecular flexibility index (Phi) is 4.36. The maximum atomic E-state index is 11.5. The number of nitro benzene ring substituents is 1. The van der Waals surface area contributed by atoms with Crippen LogP contribution in [0.4, 0.5) is 5.69 Å². The summed E-state index contributed by atoms with van der Waals surface area (Å²) >= 11 is 0. The second kappa shape index (κ2) is 5.76. The Morgan fingerprint density at radius 1 is 1.33 bits per heavy atom. The van der Waals surface area contributed by atoms with Gasteiger partial charge in [0.1, 0.15) is 0 Å². The topological polar surface area (TPSA) is 107 Å². The first-order valence-corrected chi connectivity index (χ1v) is 5.15. The summed E-state index contributed by atoms with van der Waals surface area (Å²) in [5, 5.41) is 19.4. The van der Waals surface area contributed by atoms with E-state index in [1.165, 1.54) is 0 Å². The van der Waals surface area contributed by atoms with Crippen molar-refractivity contribution in [3.8, 4) is 0 Å². The largest absolute Gasteiger partial charge is 0.478 e. The number of rotatable bonds is 5. The normalized spacial score (nSPS) is 9.83. The van der Waals surface area contributed by atoms with Crippen molar-refractivity contribution in [2.45, 2.75) is 13.3 Å². The maximum absolute atomic E-state index is 11.5. The fraction of sp³-hybridized carbons (Fsp3) is 0.273. The summed E-state index contributed by atoms with van der Waals surface area (Å²) in [4.78, 5) is 32.2. The van der Waals surface area contributed by atoms with Gasteiger partial charge in [0.2, 0.25) is 0 Å². The van der Waals surface area contributed by atoms with Gasteiger partial charge >= 0.3 is 11.9 Å². The number of aromatic carboxylic acids is 1. The Bertz CT molecular complexity index is 464. The highest BCUT2D eigenvalue weighted by Crippen LogP contribution is 2.18. The molecule has 0 amide bonds. The highest BCUT2D eigenvalue weighted by Gasteiger charge is 2.18. The van der Waals surface area contributed by atoms with Crippen molar-refractivity contribution >= 4 is 17.6 Å². The highest BCUT2D eigenvalue weighted by atomic mass is 16.6.